The number of fused-ring (bicyclic) bond motifs is 2. The lowest BCUT2D eigenvalue weighted by molar-refractivity contribution is 0.123. The maximum atomic E-state index is 13.1. The molecule has 2 aliphatic rings. The highest BCUT2D eigenvalue weighted by Gasteiger charge is 2.45. The highest BCUT2D eigenvalue weighted by atomic mass is 32.2. The Hall–Kier alpha value is -2.38. The molecule has 154 valence electrons. The molecule has 0 aromatic heterocycles. The van der Waals surface area contributed by atoms with Crippen molar-refractivity contribution >= 4 is 16.1 Å². The summed E-state index contributed by atoms with van der Waals surface area (Å²) in [5.74, 6) is 0. The third-order valence-electron chi connectivity index (χ3n) is 6.34. The highest BCUT2D eigenvalue weighted by Crippen LogP contribution is 2.48. The molecule has 2 aromatic rings. The van der Waals surface area contributed by atoms with Crippen molar-refractivity contribution in [3.05, 3.63) is 65.2 Å². The summed E-state index contributed by atoms with van der Waals surface area (Å²) < 4.78 is 23.4. The van der Waals surface area contributed by atoms with E-state index < -0.39 is 10.0 Å². The lowest BCUT2D eigenvalue weighted by atomic mass is 9.61. The Morgan fingerprint density at radius 3 is 2.62 bits per heavy atom. The fourth-order valence-corrected chi connectivity index (χ4v) is 5.20. The summed E-state index contributed by atoms with van der Waals surface area (Å²) in [6.07, 6.45) is 4.07. The number of nitrogens with one attached hydrogen (secondary N) is 1. The number of primary sulfonamides is 1. The van der Waals surface area contributed by atoms with E-state index in [2.05, 4.69) is 23.5 Å². The van der Waals surface area contributed by atoms with E-state index in [1.807, 2.05) is 24.0 Å². The fourth-order valence-electron chi connectivity index (χ4n) is 4.63. The second-order valence-corrected chi connectivity index (χ2v) is 9.74. The van der Waals surface area contributed by atoms with Crippen LogP contribution < -0.4 is 10.5 Å². The molecule has 3 N–H and O–H groups in total. The van der Waals surface area contributed by atoms with Gasteiger partial charge in [0.25, 0.3) is 0 Å². The fraction of sp³-hybridized carbons (Fsp3) is 0.409. The van der Waals surface area contributed by atoms with E-state index in [1.54, 1.807) is 12.1 Å². The van der Waals surface area contributed by atoms with E-state index >= 15 is 0 Å². The van der Waals surface area contributed by atoms with Gasteiger partial charge in [0, 0.05) is 18.5 Å². The van der Waals surface area contributed by atoms with Crippen molar-refractivity contribution in [2.45, 2.75) is 55.5 Å². The van der Waals surface area contributed by atoms with E-state index in [0.29, 0.717) is 13.0 Å². The number of nitrogens with two attached hydrogens (primary N) is 1. The third kappa shape index (κ3) is 3.76. The van der Waals surface area contributed by atoms with E-state index in [9.17, 15) is 13.2 Å². The van der Waals surface area contributed by atoms with Gasteiger partial charge in [-0.1, -0.05) is 49.7 Å². The van der Waals surface area contributed by atoms with Gasteiger partial charge in [0.1, 0.15) is 0 Å². The molecule has 4 rings (SSSR count). The monoisotopic (exact) mass is 413 g/mol. The van der Waals surface area contributed by atoms with Gasteiger partial charge in [-0.3, -0.25) is 0 Å². The topological polar surface area (TPSA) is 92.5 Å². The standard InChI is InChI=1S/C22H27N3O3S/c1-2-20(16-8-5-9-18(13-16)29(23,27)28)24-21(26)25-14-17-7-3-4-10-19(17)22(15-25)11-6-12-22/h3-5,7-10,13,20H,2,6,11-12,14-15H2,1H3,(H,24,26)(H2,23,27,28). The zero-order valence-corrected chi connectivity index (χ0v) is 17.4. The Morgan fingerprint density at radius 1 is 1.21 bits per heavy atom. The molecule has 1 unspecified atom stereocenters. The first kappa shape index (κ1) is 19.9. The van der Waals surface area contributed by atoms with Gasteiger partial charge in [-0.2, -0.15) is 0 Å². The molecule has 1 fully saturated rings. The second-order valence-electron chi connectivity index (χ2n) is 8.17. The third-order valence-corrected chi connectivity index (χ3v) is 7.25. The molecule has 1 heterocycles. The van der Waals surface area contributed by atoms with Crippen molar-refractivity contribution in [3.8, 4) is 0 Å². The zero-order valence-electron chi connectivity index (χ0n) is 16.6. The van der Waals surface area contributed by atoms with Crippen LogP contribution in [0.25, 0.3) is 0 Å². The second kappa shape index (κ2) is 7.46. The molecular formula is C22H27N3O3S. The van der Waals surface area contributed by atoms with Gasteiger partial charge in [-0.25, -0.2) is 18.4 Å². The molecule has 7 heteroatoms. The van der Waals surface area contributed by atoms with Gasteiger partial charge in [0.05, 0.1) is 10.9 Å². The molecule has 1 saturated carbocycles. The van der Waals surface area contributed by atoms with E-state index in [4.69, 9.17) is 5.14 Å². The average molecular weight is 414 g/mol. The number of carbonyl (C=O) groups excluding carboxylic acids is 1. The van der Waals surface area contributed by atoms with Gasteiger partial charge in [0.2, 0.25) is 10.0 Å². The average Bonchev–Trinajstić information content (AvgIpc) is 2.69. The number of hydrogen-bond acceptors (Lipinski definition) is 3. The molecule has 0 radical (unpaired) electrons. The quantitative estimate of drug-likeness (QED) is 0.804. The van der Waals surface area contributed by atoms with Crippen LogP contribution >= 0.6 is 0 Å². The molecule has 1 atom stereocenters. The van der Waals surface area contributed by atoms with Crippen LogP contribution in [0.4, 0.5) is 4.79 Å². The molecule has 0 saturated heterocycles. The SMILES string of the molecule is CCC(NC(=O)N1Cc2ccccc2C2(CCC2)C1)c1cccc(S(N)(=O)=O)c1. The van der Waals surface area contributed by atoms with E-state index in [-0.39, 0.29) is 22.4 Å². The first-order valence-electron chi connectivity index (χ1n) is 10.1. The van der Waals surface area contributed by atoms with Crippen LogP contribution in [0.1, 0.15) is 55.3 Å². The Bertz CT molecular complexity index is 1030. The number of urea groups is 1. The summed E-state index contributed by atoms with van der Waals surface area (Å²) >= 11 is 0. The number of hydrogen-bond donors (Lipinski definition) is 2. The van der Waals surface area contributed by atoms with Crippen molar-refractivity contribution in [2.75, 3.05) is 6.54 Å². The van der Waals surface area contributed by atoms with Crippen LogP contribution in [0.2, 0.25) is 0 Å². The van der Waals surface area contributed by atoms with Crippen LogP contribution in [-0.2, 0) is 22.0 Å². The van der Waals surface area contributed by atoms with Crippen LogP contribution in [0.15, 0.2) is 53.4 Å². The van der Waals surface area contributed by atoms with E-state index in [1.165, 1.54) is 23.6 Å². The minimum Gasteiger partial charge on any atom is -0.331 e. The molecule has 29 heavy (non-hydrogen) atoms. The van der Waals surface area contributed by atoms with E-state index in [0.717, 1.165) is 24.9 Å². The van der Waals surface area contributed by atoms with Gasteiger partial charge in [0.15, 0.2) is 0 Å². The predicted octanol–water partition coefficient (Wildman–Crippen LogP) is 3.43. The number of carbonyl (C=O) groups is 1. The Balaban J connectivity index is 1.54. The molecule has 1 spiro atoms. The van der Waals surface area contributed by atoms with Crippen LogP contribution in [0.5, 0.6) is 0 Å². The summed E-state index contributed by atoms with van der Waals surface area (Å²) in [7, 11) is -3.78. The Morgan fingerprint density at radius 2 is 1.97 bits per heavy atom. The maximum Gasteiger partial charge on any atom is 0.318 e. The summed E-state index contributed by atoms with van der Waals surface area (Å²) in [4.78, 5) is 15.1. The highest BCUT2D eigenvalue weighted by molar-refractivity contribution is 7.89. The number of benzene rings is 2. The van der Waals surface area contributed by atoms with Crippen molar-refractivity contribution in [1.29, 1.82) is 0 Å². The number of amides is 2. The number of rotatable bonds is 4. The molecule has 1 aliphatic heterocycles. The van der Waals surface area contributed by atoms with Crippen LogP contribution in [-0.4, -0.2) is 25.9 Å². The summed E-state index contributed by atoms with van der Waals surface area (Å²) in [5, 5.41) is 8.36. The largest absolute Gasteiger partial charge is 0.331 e. The first-order chi connectivity index (χ1) is 13.8. The van der Waals surface area contributed by atoms with Crippen LogP contribution in [0, 0.1) is 0 Å². The van der Waals surface area contributed by atoms with Crippen molar-refractivity contribution in [3.63, 3.8) is 0 Å². The molecule has 0 bridgehead atoms. The Kier molecular flexibility index (Phi) is 5.12. The number of nitrogens with zero attached hydrogens (tertiary/aromatic N) is 1. The predicted molar refractivity (Wildman–Crippen MR) is 112 cm³/mol. The lowest BCUT2D eigenvalue weighted by Crippen LogP contribution is -2.54. The van der Waals surface area contributed by atoms with Crippen molar-refractivity contribution < 1.29 is 13.2 Å². The molecule has 2 amide bonds. The smallest absolute Gasteiger partial charge is 0.318 e. The Labute approximate surface area is 172 Å². The normalized spacial score (nSPS) is 18.6. The molecule has 1 aliphatic carbocycles. The van der Waals surface area contributed by atoms with Gasteiger partial charge < -0.3 is 10.2 Å². The summed E-state index contributed by atoms with van der Waals surface area (Å²) in [6, 6.07) is 14.5. The maximum absolute atomic E-state index is 13.1. The van der Waals surface area contributed by atoms with Crippen LogP contribution in [0.3, 0.4) is 0 Å². The molecular weight excluding hydrogens is 386 g/mol. The zero-order chi connectivity index (χ0) is 20.6. The van der Waals surface area contributed by atoms with Crippen molar-refractivity contribution in [2.24, 2.45) is 5.14 Å². The van der Waals surface area contributed by atoms with Gasteiger partial charge in [-0.05, 0) is 48.1 Å². The summed E-state index contributed by atoms with van der Waals surface area (Å²) in [5.41, 5.74) is 3.44. The number of sulfonamides is 1. The lowest BCUT2D eigenvalue weighted by Gasteiger charge is -2.50. The van der Waals surface area contributed by atoms with Gasteiger partial charge in [-0.15, -0.1) is 0 Å². The van der Waals surface area contributed by atoms with Gasteiger partial charge >= 0.3 is 6.03 Å². The van der Waals surface area contributed by atoms with Crippen molar-refractivity contribution in [1.82, 2.24) is 10.2 Å². The molecule has 6 nitrogen and oxygen atoms in total. The summed E-state index contributed by atoms with van der Waals surface area (Å²) in [6.45, 7) is 3.29. The minimum absolute atomic E-state index is 0.0584. The minimum atomic E-state index is -3.78. The first-order valence-corrected chi connectivity index (χ1v) is 11.6. The molecule has 2 aromatic carbocycles.